The van der Waals surface area contributed by atoms with Crippen LogP contribution >= 0.6 is 0 Å². The number of nitrogens with zero attached hydrogens (tertiary/aromatic N) is 1. The molecule has 11 nitrogen and oxygen atoms in total. The van der Waals surface area contributed by atoms with E-state index in [-0.39, 0.29) is 18.6 Å². The van der Waals surface area contributed by atoms with Crippen LogP contribution in [0.3, 0.4) is 0 Å². The van der Waals surface area contributed by atoms with E-state index in [0.29, 0.717) is 34.9 Å². The lowest BCUT2D eigenvalue weighted by atomic mass is 9.95. The molecule has 0 saturated carbocycles. The van der Waals surface area contributed by atoms with E-state index in [1.807, 2.05) is 6.92 Å². The van der Waals surface area contributed by atoms with Crippen LogP contribution in [0.4, 0.5) is 10.5 Å². The van der Waals surface area contributed by atoms with Crippen molar-refractivity contribution in [1.82, 2.24) is 10.2 Å². The minimum absolute atomic E-state index is 0.0414. The molecule has 2 rings (SSSR count). The number of anilines is 1. The number of hydrogen-bond acceptors (Lipinski definition) is 7. The van der Waals surface area contributed by atoms with E-state index < -0.39 is 47.5 Å². The van der Waals surface area contributed by atoms with E-state index in [1.54, 1.807) is 71.2 Å². The number of nitrogens with one attached hydrogen (secondary N) is 2. The van der Waals surface area contributed by atoms with Crippen LogP contribution in [0.15, 0.2) is 42.5 Å². The molecule has 0 aliphatic heterocycles. The van der Waals surface area contributed by atoms with Gasteiger partial charge in [-0.3, -0.25) is 14.4 Å². The van der Waals surface area contributed by atoms with Crippen molar-refractivity contribution in [3.8, 4) is 11.5 Å². The maximum Gasteiger partial charge on any atom is 0.408 e. The van der Waals surface area contributed by atoms with Crippen molar-refractivity contribution in [2.24, 2.45) is 11.7 Å². The van der Waals surface area contributed by atoms with Gasteiger partial charge in [-0.1, -0.05) is 19.9 Å². The molecule has 3 unspecified atom stereocenters. The summed E-state index contributed by atoms with van der Waals surface area (Å²) in [6.45, 7) is 12.8. The second-order valence-electron chi connectivity index (χ2n) is 12.4. The van der Waals surface area contributed by atoms with Crippen molar-refractivity contribution in [3.05, 3.63) is 53.6 Å². The number of ether oxygens (including phenoxy) is 2. The first-order valence-corrected chi connectivity index (χ1v) is 14.9. The molecule has 0 radical (unpaired) electrons. The van der Waals surface area contributed by atoms with Crippen molar-refractivity contribution >= 4 is 29.5 Å². The molecule has 3 atom stereocenters. The Labute approximate surface area is 260 Å². The Morgan fingerprint density at radius 3 is 2.14 bits per heavy atom. The van der Waals surface area contributed by atoms with Crippen LogP contribution in [0, 0.1) is 12.8 Å². The van der Waals surface area contributed by atoms with Gasteiger partial charge in [0, 0.05) is 18.2 Å². The minimum Gasteiger partial charge on any atom is -0.508 e. The normalized spacial score (nSPS) is 13.4. The third kappa shape index (κ3) is 11.1. The standard InChI is InChI=1S/C33H48N4O7/c1-20(2)9-10-22(4)37(31(41)26(16-18-28(34)39)36-32(42)44-33(5,6)7)29(23-11-17-27(38)21(3)19-23)30(40)35-24-12-14-25(43-8)15-13-24/h11-15,17,19-20,22,26,29,38H,9-10,16,18H2,1-8H3,(H2,34,39)(H,35,40)(H,36,42). The van der Waals surface area contributed by atoms with Gasteiger partial charge in [0.2, 0.25) is 11.8 Å². The summed E-state index contributed by atoms with van der Waals surface area (Å²) in [5.41, 5.74) is 6.05. The Hall–Kier alpha value is -4.28. The number of phenols is 1. The zero-order valence-electron chi connectivity index (χ0n) is 27.1. The highest BCUT2D eigenvalue weighted by atomic mass is 16.6. The molecule has 4 amide bonds. The molecule has 2 aromatic rings. The number of phenolic OH excluding ortho intramolecular Hbond substituents is 1. The molecular weight excluding hydrogens is 564 g/mol. The van der Waals surface area contributed by atoms with Gasteiger partial charge in [0.25, 0.3) is 5.91 Å². The Morgan fingerprint density at radius 1 is 0.977 bits per heavy atom. The molecular formula is C33H48N4O7. The molecule has 44 heavy (non-hydrogen) atoms. The highest BCUT2D eigenvalue weighted by Gasteiger charge is 2.39. The van der Waals surface area contributed by atoms with Gasteiger partial charge in [0.15, 0.2) is 0 Å². The highest BCUT2D eigenvalue weighted by Crippen LogP contribution is 2.31. The van der Waals surface area contributed by atoms with Gasteiger partial charge < -0.3 is 35.8 Å². The minimum atomic E-state index is -1.21. The molecule has 5 N–H and O–H groups in total. The summed E-state index contributed by atoms with van der Waals surface area (Å²) in [5.74, 6) is -0.749. The lowest BCUT2D eigenvalue weighted by Crippen LogP contribution is -2.55. The summed E-state index contributed by atoms with van der Waals surface area (Å²) >= 11 is 0. The van der Waals surface area contributed by atoms with E-state index >= 15 is 0 Å². The van der Waals surface area contributed by atoms with E-state index in [0.717, 1.165) is 6.42 Å². The second kappa shape index (κ2) is 16.0. The number of carbonyl (C=O) groups excluding carboxylic acids is 4. The topological polar surface area (TPSA) is 160 Å². The number of alkyl carbamates (subject to hydrolysis) is 1. The average molecular weight is 613 g/mol. The van der Waals surface area contributed by atoms with Gasteiger partial charge in [-0.25, -0.2) is 4.79 Å². The number of carbonyl (C=O) groups is 4. The second-order valence-corrected chi connectivity index (χ2v) is 12.4. The van der Waals surface area contributed by atoms with Crippen molar-refractivity contribution in [2.75, 3.05) is 12.4 Å². The summed E-state index contributed by atoms with van der Waals surface area (Å²) in [7, 11) is 1.54. The number of aryl methyl sites for hydroxylation is 1. The summed E-state index contributed by atoms with van der Waals surface area (Å²) in [6.07, 6.45) is 0.207. The van der Waals surface area contributed by atoms with Crippen molar-refractivity contribution in [3.63, 3.8) is 0 Å². The highest BCUT2D eigenvalue weighted by molar-refractivity contribution is 5.99. The molecule has 2 aromatic carbocycles. The number of primary amides is 1. The first-order valence-electron chi connectivity index (χ1n) is 14.9. The molecule has 0 heterocycles. The van der Waals surface area contributed by atoms with Gasteiger partial charge in [-0.2, -0.15) is 0 Å². The third-order valence-electron chi connectivity index (χ3n) is 6.98. The predicted molar refractivity (Wildman–Crippen MR) is 169 cm³/mol. The van der Waals surface area contributed by atoms with Crippen molar-refractivity contribution < 1.29 is 33.8 Å². The van der Waals surface area contributed by atoms with Crippen LogP contribution in [-0.2, 0) is 19.1 Å². The Morgan fingerprint density at radius 2 is 1.61 bits per heavy atom. The lowest BCUT2D eigenvalue weighted by molar-refractivity contribution is -0.143. The number of aromatic hydroxyl groups is 1. The first-order chi connectivity index (χ1) is 20.5. The smallest absolute Gasteiger partial charge is 0.408 e. The molecule has 0 aliphatic rings. The van der Waals surface area contributed by atoms with Gasteiger partial charge in [0.05, 0.1) is 7.11 Å². The zero-order valence-corrected chi connectivity index (χ0v) is 27.1. The Balaban J connectivity index is 2.67. The van der Waals surface area contributed by atoms with Gasteiger partial charge in [-0.15, -0.1) is 0 Å². The molecule has 0 saturated heterocycles. The number of methoxy groups -OCH3 is 1. The Kier molecular flexibility index (Phi) is 13.0. The van der Waals surface area contributed by atoms with Crippen LogP contribution in [0.25, 0.3) is 0 Å². The molecule has 242 valence electrons. The predicted octanol–water partition coefficient (Wildman–Crippen LogP) is 5.20. The van der Waals surface area contributed by atoms with E-state index in [1.165, 1.54) is 11.0 Å². The van der Waals surface area contributed by atoms with Crippen LogP contribution in [0.2, 0.25) is 0 Å². The summed E-state index contributed by atoms with van der Waals surface area (Å²) in [4.78, 5) is 54.7. The number of amides is 4. The van der Waals surface area contributed by atoms with Crippen LogP contribution < -0.4 is 21.1 Å². The first kappa shape index (κ1) is 35.9. The van der Waals surface area contributed by atoms with E-state index in [2.05, 4.69) is 24.5 Å². The van der Waals surface area contributed by atoms with Crippen LogP contribution in [0.5, 0.6) is 11.5 Å². The fraction of sp³-hybridized carbons (Fsp3) is 0.515. The SMILES string of the molecule is COc1ccc(NC(=O)C(c2ccc(O)c(C)c2)N(C(=O)C(CCC(N)=O)NC(=O)OC(C)(C)C)C(C)CCC(C)C)cc1. The van der Waals surface area contributed by atoms with Crippen LogP contribution in [-0.4, -0.2) is 58.6 Å². The van der Waals surface area contributed by atoms with Crippen LogP contribution in [0.1, 0.15) is 84.4 Å². The van der Waals surface area contributed by atoms with Gasteiger partial charge in [0.1, 0.15) is 29.2 Å². The maximum absolute atomic E-state index is 14.5. The van der Waals surface area contributed by atoms with Gasteiger partial charge >= 0.3 is 6.09 Å². The number of hydrogen-bond donors (Lipinski definition) is 4. The summed E-state index contributed by atoms with van der Waals surface area (Å²) in [6, 6.07) is 8.65. The quantitative estimate of drug-likeness (QED) is 0.228. The largest absolute Gasteiger partial charge is 0.508 e. The molecule has 11 heteroatoms. The molecule has 0 aromatic heterocycles. The Bertz CT molecular complexity index is 1290. The molecule has 0 spiro atoms. The number of benzene rings is 2. The maximum atomic E-state index is 14.5. The molecule has 0 fully saturated rings. The fourth-order valence-electron chi connectivity index (χ4n) is 4.66. The van der Waals surface area contributed by atoms with Gasteiger partial charge in [-0.05, 0) is 107 Å². The van der Waals surface area contributed by atoms with E-state index in [9.17, 15) is 24.3 Å². The average Bonchev–Trinajstić information content (AvgIpc) is 2.93. The number of rotatable bonds is 14. The molecule has 0 bridgehead atoms. The molecule has 0 aliphatic carbocycles. The summed E-state index contributed by atoms with van der Waals surface area (Å²) < 4.78 is 10.6. The third-order valence-corrected chi connectivity index (χ3v) is 6.98. The monoisotopic (exact) mass is 612 g/mol. The van der Waals surface area contributed by atoms with Crippen molar-refractivity contribution in [1.29, 1.82) is 0 Å². The number of nitrogens with two attached hydrogens (primary N) is 1. The van der Waals surface area contributed by atoms with Crippen molar-refractivity contribution in [2.45, 2.75) is 97.9 Å². The summed E-state index contributed by atoms with van der Waals surface area (Å²) in [5, 5.41) is 15.8. The zero-order chi connectivity index (χ0) is 33.2. The van der Waals surface area contributed by atoms with E-state index in [4.69, 9.17) is 15.2 Å². The fourth-order valence-corrected chi connectivity index (χ4v) is 4.66. The lowest BCUT2D eigenvalue weighted by Gasteiger charge is -2.39.